The van der Waals surface area contributed by atoms with Crippen molar-refractivity contribution in [2.24, 2.45) is 5.92 Å². The molecule has 0 fully saturated rings. The van der Waals surface area contributed by atoms with E-state index < -0.39 is 0 Å². The highest BCUT2D eigenvalue weighted by atomic mass is 19.1. The maximum Gasteiger partial charge on any atom is 0.247 e. The molecule has 2 N–H and O–H groups in total. The number of nitrogens with one attached hydrogen (secondary N) is 2. The lowest BCUT2D eigenvalue weighted by Gasteiger charge is -2.36. The van der Waals surface area contributed by atoms with Gasteiger partial charge in [0.25, 0.3) is 0 Å². The van der Waals surface area contributed by atoms with Crippen LogP contribution in [0, 0.1) is 18.7 Å². The highest BCUT2D eigenvalue weighted by Gasteiger charge is 2.35. The first-order valence-electron chi connectivity index (χ1n) is 10.1. The first-order valence-corrected chi connectivity index (χ1v) is 10.1. The second kappa shape index (κ2) is 8.29. The number of hydrogen-bond donors (Lipinski definition) is 2. The Balaban J connectivity index is 1.47. The smallest absolute Gasteiger partial charge is 0.247 e. The monoisotopic (exact) mass is 424 g/mol. The van der Waals surface area contributed by atoms with E-state index in [4.69, 9.17) is 0 Å². The van der Waals surface area contributed by atoms with Crippen molar-refractivity contribution in [3.63, 3.8) is 0 Å². The van der Waals surface area contributed by atoms with Crippen LogP contribution in [0.1, 0.15) is 30.7 Å². The Morgan fingerprint density at radius 2 is 2.03 bits per heavy atom. The average Bonchev–Trinajstić information content (AvgIpc) is 3.14. The molecule has 31 heavy (non-hydrogen) atoms. The number of carbonyl (C=O) groups is 1. The van der Waals surface area contributed by atoms with Gasteiger partial charge in [-0.1, -0.05) is 13.8 Å². The fourth-order valence-corrected chi connectivity index (χ4v) is 3.79. The Labute approximate surface area is 179 Å². The Bertz CT molecular complexity index is 1110. The molecule has 1 atom stereocenters. The van der Waals surface area contributed by atoms with Crippen molar-refractivity contribution in [1.29, 1.82) is 0 Å². The Kier molecular flexibility index (Phi) is 5.53. The Hall–Kier alpha value is -3.56. The zero-order valence-corrected chi connectivity index (χ0v) is 17.9. The molecule has 4 heterocycles. The van der Waals surface area contributed by atoms with Crippen LogP contribution in [0.15, 0.2) is 30.9 Å². The third-order valence-corrected chi connectivity index (χ3v) is 5.21. The molecule has 1 aliphatic heterocycles. The van der Waals surface area contributed by atoms with Gasteiger partial charge in [0.1, 0.15) is 17.5 Å². The molecule has 0 aromatic carbocycles. The Morgan fingerprint density at radius 1 is 1.23 bits per heavy atom. The van der Waals surface area contributed by atoms with Gasteiger partial charge in [0.15, 0.2) is 5.82 Å². The minimum absolute atomic E-state index is 0.0432. The number of rotatable bonds is 6. The van der Waals surface area contributed by atoms with E-state index in [1.807, 2.05) is 38.9 Å². The van der Waals surface area contributed by atoms with E-state index in [0.29, 0.717) is 36.2 Å². The predicted molar refractivity (Wildman–Crippen MR) is 115 cm³/mol. The second-order valence-corrected chi connectivity index (χ2v) is 8.03. The van der Waals surface area contributed by atoms with Crippen molar-refractivity contribution in [3.05, 3.63) is 53.5 Å². The third-order valence-electron chi connectivity index (χ3n) is 5.21. The molecular formula is C21H25FN8O. The molecule has 0 saturated heterocycles. The first-order chi connectivity index (χ1) is 14.8. The van der Waals surface area contributed by atoms with Crippen molar-refractivity contribution in [2.45, 2.75) is 39.9 Å². The summed E-state index contributed by atoms with van der Waals surface area (Å²) in [6.45, 7) is 6.77. The van der Waals surface area contributed by atoms with Crippen LogP contribution in [0.4, 0.5) is 21.8 Å². The maximum atomic E-state index is 13.3. The second-order valence-electron chi connectivity index (χ2n) is 8.03. The number of nitrogens with zero attached hydrogens (tertiary/aromatic N) is 6. The third kappa shape index (κ3) is 4.32. The molecule has 162 valence electrons. The van der Waals surface area contributed by atoms with Crippen molar-refractivity contribution < 1.29 is 9.18 Å². The summed E-state index contributed by atoms with van der Waals surface area (Å²) in [4.78, 5) is 27.3. The largest absolute Gasteiger partial charge is 0.350 e. The molecule has 0 aliphatic carbocycles. The molecule has 1 amide bonds. The van der Waals surface area contributed by atoms with E-state index in [0.717, 1.165) is 11.1 Å². The molecule has 1 unspecified atom stereocenters. The van der Waals surface area contributed by atoms with Gasteiger partial charge in [-0.15, -0.1) is 0 Å². The lowest BCUT2D eigenvalue weighted by Crippen LogP contribution is -2.49. The number of aromatic nitrogens is 5. The van der Waals surface area contributed by atoms with Gasteiger partial charge in [-0.2, -0.15) is 10.1 Å². The summed E-state index contributed by atoms with van der Waals surface area (Å²) in [6, 6.07) is 1.15. The van der Waals surface area contributed by atoms with Crippen LogP contribution in [0.25, 0.3) is 0 Å². The van der Waals surface area contributed by atoms with Crippen LogP contribution < -0.4 is 15.5 Å². The number of aryl methyl sites for hydroxylation is 1. The van der Waals surface area contributed by atoms with Gasteiger partial charge in [0, 0.05) is 31.5 Å². The van der Waals surface area contributed by atoms with Gasteiger partial charge in [-0.05, 0) is 24.5 Å². The summed E-state index contributed by atoms with van der Waals surface area (Å²) in [5, 5.41) is 10.5. The van der Waals surface area contributed by atoms with Crippen molar-refractivity contribution in [1.82, 2.24) is 24.7 Å². The maximum absolute atomic E-state index is 13.3. The van der Waals surface area contributed by atoms with Crippen molar-refractivity contribution >= 4 is 23.4 Å². The molecule has 10 heteroatoms. The van der Waals surface area contributed by atoms with E-state index in [9.17, 15) is 9.18 Å². The molecule has 0 saturated carbocycles. The van der Waals surface area contributed by atoms with Crippen LogP contribution in [0.2, 0.25) is 0 Å². The molecule has 0 bridgehead atoms. The summed E-state index contributed by atoms with van der Waals surface area (Å²) in [5.41, 5.74) is 3.02. The molecule has 4 rings (SSSR count). The number of anilines is 3. The number of amides is 1. The topological polar surface area (TPSA) is 101 Å². The Morgan fingerprint density at radius 3 is 2.77 bits per heavy atom. The van der Waals surface area contributed by atoms with Crippen LogP contribution in [-0.2, 0) is 17.9 Å². The average molecular weight is 424 g/mol. The number of halogens is 1. The fourth-order valence-electron chi connectivity index (χ4n) is 3.79. The highest BCUT2D eigenvalue weighted by molar-refractivity contribution is 6.03. The lowest BCUT2D eigenvalue weighted by molar-refractivity contribution is -0.118. The summed E-state index contributed by atoms with van der Waals surface area (Å²) in [6.07, 6.45) is 6.41. The van der Waals surface area contributed by atoms with Crippen LogP contribution in [0.5, 0.6) is 0 Å². The number of carbonyl (C=O) groups excluding carboxylic acids is 1. The lowest BCUT2D eigenvalue weighted by atomic mass is 9.99. The van der Waals surface area contributed by atoms with E-state index in [2.05, 4.69) is 30.7 Å². The van der Waals surface area contributed by atoms with E-state index in [1.165, 1.54) is 12.3 Å². The van der Waals surface area contributed by atoms with Gasteiger partial charge in [0.05, 0.1) is 24.6 Å². The normalized spacial score (nSPS) is 15.7. The van der Waals surface area contributed by atoms with E-state index >= 15 is 0 Å². The number of fused-ring (bicyclic) bond motifs is 1. The molecule has 0 radical (unpaired) electrons. The SMILES string of the molecule is Cc1nc(NCc2cnn(Cc3cncc(F)c3)c2)nc2c1NC(=O)C(C(C)C)N2C. The van der Waals surface area contributed by atoms with Gasteiger partial charge < -0.3 is 15.5 Å². The molecule has 3 aromatic rings. The number of pyridine rings is 1. The molecule has 9 nitrogen and oxygen atoms in total. The van der Waals surface area contributed by atoms with Gasteiger partial charge in [0.2, 0.25) is 11.9 Å². The number of hydrogen-bond acceptors (Lipinski definition) is 7. The van der Waals surface area contributed by atoms with Crippen molar-refractivity contribution in [3.8, 4) is 0 Å². The van der Waals surface area contributed by atoms with E-state index in [1.54, 1.807) is 17.1 Å². The quantitative estimate of drug-likeness (QED) is 0.627. The first kappa shape index (κ1) is 20.7. The van der Waals surface area contributed by atoms with Crippen LogP contribution >= 0.6 is 0 Å². The zero-order chi connectivity index (χ0) is 22.1. The summed E-state index contributed by atoms with van der Waals surface area (Å²) >= 11 is 0. The zero-order valence-electron chi connectivity index (χ0n) is 17.9. The van der Waals surface area contributed by atoms with Gasteiger partial charge in [-0.25, -0.2) is 9.37 Å². The summed E-state index contributed by atoms with van der Waals surface area (Å²) in [7, 11) is 1.88. The standard InChI is InChI=1S/C21H25FN8O/c1-12(2)18-20(31)27-17-13(3)26-21(28-19(17)29(18)4)24-7-15-8-25-30(11-15)10-14-5-16(22)9-23-6-14/h5-6,8-9,11-12,18H,7,10H2,1-4H3,(H,27,31)(H,24,26,28). The minimum atomic E-state index is -0.368. The molecule has 1 aliphatic rings. The summed E-state index contributed by atoms with van der Waals surface area (Å²) in [5.74, 6) is 0.904. The van der Waals surface area contributed by atoms with Gasteiger partial charge >= 0.3 is 0 Å². The van der Waals surface area contributed by atoms with Crippen LogP contribution in [-0.4, -0.2) is 43.7 Å². The molecular weight excluding hydrogens is 399 g/mol. The number of likely N-dealkylation sites (N-methyl/N-ethyl adjacent to an activating group) is 1. The highest BCUT2D eigenvalue weighted by Crippen LogP contribution is 2.34. The van der Waals surface area contributed by atoms with Crippen molar-refractivity contribution in [2.75, 3.05) is 22.6 Å². The van der Waals surface area contributed by atoms with E-state index in [-0.39, 0.29) is 23.7 Å². The summed E-state index contributed by atoms with van der Waals surface area (Å²) < 4.78 is 15.0. The predicted octanol–water partition coefficient (Wildman–Crippen LogP) is 2.59. The minimum Gasteiger partial charge on any atom is -0.350 e. The van der Waals surface area contributed by atoms with Gasteiger partial charge in [-0.3, -0.25) is 14.5 Å². The molecule has 3 aromatic heterocycles. The fraction of sp³-hybridized carbons (Fsp3) is 0.381. The van der Waals surface area contributed by atoms with Crippen LogP contribution in [0.3, 0.4) is 0 Å². The molecule has 0 spiro atoms.